The number of carbonyl (C=O) groups excluding carboxylic acids is 3. The molecule has 14 rings (SSSR count). The van der Waals surface area contributed by atoms with Crippen LogP contribution in [0.5, 0.6) is 0 Å². The molecule has 93 heavy (non-hydrogen) atoms. The van der Waals surface area contributed by atoms with Gasteiger partial charge in [-0.05, 0) is 203 Å². The zero-order chi connectivity index (χ0) is 65.7. The van der Waals surface area contributed by atoms with E-state index in [2.05, 4.69) is 149 Å². The van der Waals surface area contributed by atoms with E-state index in [1.807, 2.05) is 157 Å². The Hall–Kier alpha value is -9.69. The molecule has 5 N–H and O–H groups in total. The van der Waals surface area contributed by atoms with Gasteiger partial charge >= 0.3 is 11.9 Å². The summed E-state index contributed by atoms with van der Waals surface area (Å²) in [5.74, 6) is -1.34. The lowest BCUT2D eigenvalue weighted by molar-refractivity contribution is 0.0519. The van der Waals surface area contributed by atoms with E-state index in [0.717, 1.165) is 49.7 Å². The Labute approximate surface area is 577 Å². The fourth-order valence-electron chi connectivity index (χ4n) is 8.84. The Balaban J connectivity index is 0.000000136. The van der Waals surface area contributed by atoms with Crippen molar-refractivity contribution in [2.75, 3.05) is 12.3 Å². The minimum Gasteiger partial charge on any atom is -0.476 e. The Morgan fingerprint density at radius 1 is 0.527 bits per heavy atom. The molecule has 24 nitrogen and oxygen atoms in total. The molecule has 0 saturated carbocycles. The number of imidazole rings is 4. The van der Waals surface area contributed by atoms with Crippen LogP contribution >= 0.6 is 86.3 Å². The summed E-state index contributed by atoms with van der Waals surface area (Å²) in [6.07, 6.45) is 26.5. The SMILES string of the molecule is CCOC(=O)c1cn2cccc(Br)c2n1.Cc1cccc(-n2cc(CNC(=O)c3cn4cccc(-n5cc(I)cn5)c4n3)cn2)c1.Cc1cccc(-n2cc(CNC(=O)c3cn4cccc(Br)c4n3)cn2)c1.Nc1ncccc1Br.O=C(O)c1cn2cccc(Br)c2n1. The number of carboxylic acid groups (broad SMARTS) is 1. The van der Waals surface area contributed by atoms with E-state index < -0.39 is 11.9 Å². The van der Waals surface area contributed by atoms with Gasteiger partial charge in [0.1, 0.15) is 22.9 Å². The number of ether oxygens (including phenoxy) is 1. The number of fused-ring (bicyclic) bond motifs is 4. The van der Waals surface area contributed by atoms with Crippen LogP contribution in [0.3, 0.4) is 0 Å². The van der Waals surface area contributed by atoms with Crippen LogP contribution in [0.25, 0.3) is 39.7 Å². The molecule has 0 radical (unpaired) electrons. The van der Waals surface area contributed by atoms with E-state index in [4.69, 9.17) is 15.6 Å². The van der Waals surface area contributed by atoms with Crippen LogP contribution in [-0.2, 0) is 17.8 Å². The summed E-state index contributed by atoms with van der Waals surface area (Å²) in [5, 5.41) is 27.6. The first-order chi connectivity index (χ1) is 44.9. The van der Waals surface area contributed by atoms with Crippen molar-refractivity contribution in [2.45, 2.75) is 33.9 Å². The lowest BCUT2D eigenvalue weighted by atomic mass is 10.2. The van der Waals surface area contributed by atoms with Crippen molar-refractivity contribution in [1.82, 2.24) is 82.5 Å². The van der Waals surface area contributed by atoms with Gasteiger partial charge in [-0.15, -0.1) is 0 Å². The average molecular weight is 1620 g/mol. The number of carboxylic acids is 1. The maximum atomic E-state index is 12.7. The number of rotatable bonds is 12. The molecule has 0 aliphatic heterocycles. The average Bonchev–Trinajstić information content (AvgIpc) is 1.70. The van der Waals surface area contributed by atoms with Gasteiger partial charge in [-0.2, -0.15) is 15.3 Å². The minimum absolute atomic E-state index is 0.0481. The number of carbonyl (C=O) groups is 4. The Kier molecular flexibility index (Phi) is 21.8. The number of aryl methyl sites for hydroxylation is 2. The molecule has 0 aliphatic carbocycles. The maximum Gasteiger partial charge on any atom is 0.358 e. The predicted molar refractivity (Wildman–Crippen MR) is 372 cm³/mol. The fourth-order valence-corrected chi connectivity index (χ4v) is 10.8. The highest BCUT2D eigenvalue weighted by atomic mass is 127. The molecule has 0 bridgehead atoms. The van der Waals surface area contributed by atoms with Crippen molar-refractivity contribution in [3.63, 3.8) is 0 Å². The van der Waals surface area contributed by atoms with E-state index >= 15 is 0 Å². The molecule has 29 heteroatoms. The number of esters is 1. The summed E-state index contributed by atoms with van der Waals surface area (Å²) < 4.78 is 21.6. The third kappa shape index (κ3) is 16.9. The minimum atomic E-state index is -1.02. The van der Waals surface area contributed by atoms with E-state index in [-0.39, 0.29) is 17.5 Å². The molecule has 14 aromatic rings. The van der Waals surface area contributed by atoms with Gasteiger partial charge in [0.15, 0.2) is 34.0 Å². The molecule has 0 unspecified atom stereocenters. The molecule has 470 valence electrons. The summed E-state index contributed by atoms with van der Waals surface area (Å²) in [6.45, 7) is 6.96. The number of aromatic carboxylic acids is 1. The first-order valence-electron chi connectivity index (χ1n) is 28.0. The Morgan fingerprint density at radius 3 is 1.41 bits per heavy atom. The van der Waals surface area contributed by atoms with Crippen LogP contribution in [0, 0.1) is 17.4 Å². The second kappa shape index (κ2) is 30.6. The van der Waals surface area contributed by atoms with E-state index in [1.54, 1.807) is 79.3 Å². The smallest absolute Gasteiger partial charge is 0.358 e. The Bertz CT molecular complexity index is 4970. The van der Waals surface area contributed by atoms with Gasteiger partial charge in [0.25, 0.3) is 11.8 Å². The van der Waals surface area contributed by atoms with Gasteiger partial charge in [-0.25, -0.2) is 48.6 Å². The van der Waals surface area contributed by atoms with Crippen molar-refractivity contribution < 1.29 is 29.0 Å². The number of nitrogens with one attached hydrogen (secondary N) is 2. The highest BCUT2D eigenvalue weighted by molar-refractivity contribution is 14.1. The molecule has 0 aliphatic rings. The number of nitrogens with zero attached hydrogens (tertiary/aromatic N) is 15. The second-order valence-electron chi connectivity index (χ2n) is 20.0. The van der Waals surface area contributed by atoms with Crippen LogP contribution < -0.4 is 16.4 Å². The molecular formula is C64H53Br4IN18O6. The molecule has 2 amide bonds. The quantitative estimate of drug-likeness (QED) is 0.0653. The summed E-state index contributed by atoms with van der Waals surface area (Å²) in [7, 11) is 0. The van der Waals surface area contributed by atoms with Gasteiger partial charge in [-0.1, -0.05) is 24.3 Å². The summed E-state index contributed by atoms with van der Waals surface area (Å²) in [6, 6.07) is 34.8. The van der Waals surface area contributed by atoms with E-state index in [0.29, 0.717) is 65.2 Å². The highest BCUT2D eigenvalue weighted by Gasteiger charge is 2.17. The number of hydrogen-bond donors (Lipinski definition) is 4. The molecule has 12 aromatic heterocycles. The third-order valence-corrected chi connectivity index (χ3v) is 16.3. The summed E-state index contributed by atoms with van der Waals surface area (Å²) in [5.41, 5.74) is 16.1. The lowest BCUT2D eigenvalue weighted by Gasteiger charge is -2.02. The number of benzene rings is 2. The van der Waals surface area contributed by atoms with Crippen molar-refractivity contribution in [3.05, 3.63) is 269 Å². The van der Waals surface area contributed by atoms with Crippen molar-refractivity contribution >= 4 is 138 Å². The number of halogens is 5. The van der Waals surface area contributed by atoms with Crippen LogP contribution in [0.2, 0.25) is 0 Å². The predicted octanol–water partition coefficient (Wildman–Crippen LogP) is 12.6. The number of nitrogens with two attached hydrogens (primary N) is 1. The van der Waals surface area contributed by atoms with Gasteiger partial charge in [0.05, 0.1) is 58.0 Å². The second-order valence-corrected chi connectivity index (χ2v) is 24.7. The van der Waals surface area contributed by atoms with Crippen molar-refractivity contribution in [2.24, 2.45) is 0 Å². The third-order valence-electron chi connectivity index (χ3n) is 13.2. The lowest BCUT2D eigenvalue weighted by Crippen LogP contribution is -2.22. The topological polar surface area (TPSA) is 283 Å². The maximum absolute atomic E-state index is 12.7. The molecule has 0 fully saturated rings. The number of anilines is 1. The van der Waals surface area contributed by atoms with Crippen molar-refractivity contribution in [3.8, 4) is 17.1 Å². The van der Waals surface area contributed by atoms with E-state index in [9.17, 15) is 19.2 Å². The summed E-state index contributed by atoms with van der Waals surface area (Å²) >= 11 is 15.5. The number of pyridine rings is 5. The first-order valence-corrected chi connectivity index (χ1v) is 32.2. The Morgan fingerprint density at radius 2 is 0.968 bits per heavy atom. The number of nitrogen functional groups attached to an aromatic ring is 1. The van der Waals surface area contributed by atoms with Gasteiger partial charge < -0.3 is 43.8 Å². The summed E-state index contributed by atoms with van der Waals surface area (Å²) in [4.78, 5) is 67.9. The number of aromatic nitrogens is 15. The largest absolute Gasteiger partial charge is 0.476 e. The normalized spacial score (nSPS) is 10.8. The molecular weight excluding hydrogens is 1560 g/mol. The van der Waals surface area contributed by atoms with Gasteiger partial charge in [-0.3, -0.25) is 9.59 Å². The van der Waals surface area contributed by atoms with Crippen LogP contribution in [0.1, 0.15) is 71.1 Å². The van der Waals surface area contributed by atoms with Crippen molar-refractivity contribution in [1.29, 1.82) is 0 Å². The zero-order valence-electron chi connectivity index (χ0n) is 49.3. The number of amides is 2. The van der Waals surface area contributed by atoms with Crippen LogP contribution in [0.4, 0.5) is 5.82 Å². The molecule has 2 aromatic carbocycles. The standard InChI is InChI=1S/C22H18IN7O.C19H16BrN5O.C10H9BrN2O2.C8H5BrN2O2.C5H5BrN2/c1-15-4-2-5-18(8-15)29-12-16(10-25-29)9-24-22(31)19-14-28-7-3-6-20(21(28)27-19)30-13-17(23)11-26-30;1-13-4-2-5-15(8-13)25-11-14(10-22-25)9-21-19(26)17-12-24-7-3-6-16(20)18(24)23-17;1-2-15-10(14)8-6-13-5-3-4-7(11)9(13)12-8;9-5-2-1-3-11-4-6(8(12)13)10-7(5)11;6-4-2-1-3-8-5(4)7/h2-8,10-14H,9H2,1H3,(H,24,31);2-8,10-12H,9H2,1H3,(H,21,26);3-6H,2H2,1H3;1-4H,(H,12,13);1-3H,(H2,7,8). The fraction of sp³-hybridized carbons (Fsp3) is 0.0938. The van der Waals surface area contributed by atoms with E-state index in [1.165, 1.54) is 17.3 Å². The molecule has 0 spiro atoms. The molecule has 12 heterocycles. The molecule has 0 atom stereocenters. The van der Waals surface area contributed by atoms with Gasteiger partial charge in [0, 0.05) is 98.6 Å². The highest BCUT2D eigenvalue weighted by Crippen LogP contribution is 2.22. The zero-order valence-corrected chi connectivity index (χ0v) is 57.8. The van der Waals surface area contributed by atoms with Gasteiger partial charge in [0.2, 0.25) is 0 Å². The molecule has 0 saturated heterocycles. The van der Waals surface area contributed by atoms with Crippen LogP contribution in [0.15, 0.2) is 220 Å². The number of hydrogen-bond acceptors (Lipinski definition) is 14. The van der Waals surface area contributed by atoms with Crippen LogP contribution in [-0.4, -0.2) is 107 Å². The first kappa shape index (κ1) is 66.2. The monoisotopic (exact) mass is 1610 g/mol.